The summed E-state index contributed by atoms with van der Waals surface area (Å²) in [7, 11) is 0. The lowest BCUT2D eigenvalue weighted by Crippen LogP contribution is -2.58. The number of nitrogens with zero attached hydrogens (tertiary/aromatic N) is 1. The Hall–Kier alpha value is -1.48. The number of benzene rings is 1. The van der Waals surface area contributed by atoms with Gasteiger partial charge in [0.1, 0.15) is 0 Å². The van der Waals surface area contributed by atoms with Crippen LogP contribution in [-0.4, -0.2) is 34.0 Å². The van der Waals surface area contributed by atoms with Gasteiger partial charge in [-0.1, -0.05) is 28.9 Å². The molecule has 3 nitrogen and oxygen atoms in total. The van der Waals surface area contributed by atoms with Gasteiger partial charge in [-0.05, 0) is 12.1 Å². The molecule has 0 amide bonds. The van der Waals surface area contributed by atoms with Crippen molar-refractivity contribution in [3.63, 3.8) is 0 Å². The fourth-order valence-corrected chi connectivity index (χ4v) is 1.66. The Labute approximate surface area is 119 Å². The summed E-state index contributed by atoms with van der Waals surface area (Å²) in [4.78, 5) is 0. The predicted molar refractivity (Wildman–Crippen MR) is 61.5 cm³/mol. The molecule has 10 heteroatoms. The van der Waals surface area contributed by atoms with Crippen molar-refractivity contribution in [1.29, 1.82) is 0 Å². The third-order valence-corrected chi connectivity index (χ3v) is 2.87. The van der Waals surface area contributed by atoms with Crippen molar-refractivity contribution in [2.45, 2.75) is 24.4 Å². The number of hydrogen-bond acceptors (Lipinski definition) is 3. The molecular weight excluding hydrogens is 328 g/mol. The summed E-state index contributed by atoms with van der Waals surface area (Å²) in [6.45, 7) is 0. The van der Waals surface area contributed by atoms with E-state index < -0.39 is 30.1 Å². The van der Waals surface area contributed by atoms with E-state index in [1.165, 1.54) is 12.1 Å². The van der Waals surface area contributed by atoms with Crippen molar-refractivity contribution >= 4 is 17.3 Å². The van der Waals surface area contributed by atoms with Gasteiger partial charge in [-0.2, -0.15) is 26.3 Å². The molecule has 1 aromatic rings. The molecule has 0 unspecified atom stereocenters. The van der Waals surface area contributed by atoms with Gasteiger partial charge < -0.3 is 10.3 Å². The van der Waals surface area contributed by atoms with Crippen LogP contribution in [0.5, 0.6) is 0 Å². The lowest BCUT2D eigenvalue weighted by Gasteiger charge is -2.32. The molecule has 0 bridgehead atoms. The SMILES string of the molecule is O/N=C(\CC(O)(C(F)(F)F)C(F)(F)F)c1cccc(Cl)c1. The molecule has 0 aromatic heterocycles. The van der Waals surface area contributed by atoms with E-state index in [9.17, 15) is 26.3 Å². The van der Waals surface area contributed by atoms with Gasteiger partial charge in [-0.15, -0.1) is 0 Å². The van der Waals surface area contributed by atoms with E-state index in [2.05, 4.69) is 5.16 Å². The molecule has 0 radical (unpaired) electrons. The minimum Gasteiger partial charge on any atom is -0.411 e. The van der Waals surface area contributed by atoms with E-state index in [-0.39, 0.29) is 10.6 Å². The first-order valence-electron chi connectivity index (χ1n) is 5.25. The Morgan fingerprint density at radius 1 is 1.10 bits per heavy atom. The Balaban J connectivity index is 3.26. The maximum atomic E-state index is 12.6. The van der Waals surface area contributed by atoms with Gasteiger partial charge in [0.25, 0.3) is 5.60 Å². The van der Waals surface area contributed by atoms with Crippen LogP contribution in [0, 0.1) is 0 Å². The zero-order valence-corrected chi connectivity index (χ0v) is 10.8. The van der Waals surface area contributed by atoms with E-state index in [4.69, 9.17) is 21.9 Å². The monoisotopic (exact) mass is 335 g/mol. The Bertz CT molecular complexity index is 526. The highest BCUT2D eigenvalue weighted by Crippen LogP contribution is 2.45. The molecule has 0 saturated heterocycles. The maximum Gasteiger partial charge on any atom is 0.426 e. The van der Waals surface area contributed by atoms with E-state index in [0.717, 1.165) is 12.1 Å². The molecule has 2 N–H and O–H groups in total. The van der Waals surface area contributed by atoms with Crippen molar-refractivity contribution in [3.8, 4) is 0 Å². The van der Waals surface area contributed by atoms with Gasteiger partial charge in [-0.25, -0.2) is 0 Å². The first-order chi connectivity index (χ1) is 9.42. The summed E-state index contributed by atoms with van der Waals surface area (Å²) in [5.74, 6) is 0. The van der Waals surface area contributed by atoms with Crippen molar-refractivity contribution in [2.24, 2.45) is 5.16 Å². The number of alkyl halides is 6. The molecule has 0 aliphatic rings. The van der Waals surface area contributed by atoms with Gasteiger partial charge >= 0.3 is 12.4 Å². The fraction of sp³-hybridized carbons (Fsp3) is 0.364. The van der Waals surface area contributed by atoms with Crippen molar-refractivity contribution in [1.82, 2.24) is 0 Å². The summed E-state index contributed by atoms with van der Waals surface area (Å²) in [6, 6.07) is 4.65. The second-order valence-electron chi connectivity index (χ2n) is 4.09. The molecule has 0 saturated carbocycles. The number of hydrogen-bond donors (Lipinski definition) is 2. The first-order valence-corrected chi connectivity index (χ1v) is 5.63. The van der Waals surface area contributed by atoms with Gasteiger partial charge in [0, 0.05) is 17.0 Å². The van der Waals surface area contributed by atoms with Crippen molar-refractivity contribution in [2.75, 3.05) is 0 Å². The molecule has 1 aromatic carbocycles. The van der Waals surface area contributed by atoms with E-state index >= 15 is 0 Å². The average Bonchev–Trinajstić information content (AvgIpc) is 2.32. The zero-order valence-electron chi connectivity index (χ0n) is 10.0. The molecule has 0 atom stereocenters. The molecule has 0 aliphatic heterocycles. The standard InChI is InChI=1S/C11H8ClF6NO2/c12-7-3-1-2-6(4-7)8(19-21)5-9(20,10(13,14)15)11(16,17)18/h1-4,20-21H,5H2/b19-8+. The van der Waals surface area contributed by atoms with E-state index in [1.807, 2.05) is 0 Å². The fourth-order valence-electron chi connectivity index (χ4n) is 1.47. The Kier molecular flexibility index (Phi) is 4.79. The van der Waals surface area contributed by atoms with Gasteiger partial charge in [0.05, 0.1) is 5.71 Å². The summed E-state index contributed by atoms with van der Waals surface area (Å²) < 4.78 is 75.4. The van der Waals surface area contributed by atoms with Crippen LogP contribution in [0.25, 0.3) is 0 Å². The molecular formula is C11H8ClF6NO2. The maximum absolute atomic E-state index is 12.6. The van der Waals surface area contributed by atoms with Crippen LogP contribution in [0.4, 0.5) is 26.3 Å². The normalized spacial score (nSPS) is 14.4. The van der Waals surface area contributed by atoms with Crippen molar-refractivity contribution < 1.29 is 36.7 Å². The highest BCUT2D eigenvalue weighted by atomic mass is 35.5. The van der Waals surface area contributed by atoms with Crippen LogP contribution in [0.15, 0.2) is 29.4 Å². The number of oxime groups is 1. The molecule has 21 heavy (non-hydrogen) atoms. The lowest BCUT2D eigenvalue weighted by molar-refractivity contribution is -0.365. The van der Waals surface area contributed by atoms with E-state index in [0.29, 0.717) is 0 Å². The summed E-state index contributed by atoms with van der Waals surface area (Å²) in [6.07, 6.45) is -14.0. The summed E-state index contributed by atoms with van der Waals surface area (Å²) in [5, 5.41) is 20.1. The van der Waals surface area contributed by atoms with Crippen LogP contribution < -0.4 is 0 Å². The van der Waals surface area contributed by atoms with Crippen LogP contribution >= 0.6 is 11.6 Å². The number of halogens is 7. The van der Waals surface area contributed by atoms with Crippen molar-refractivity contribution in [3.05, 3.63) is 34.9 Å². The van der Waals surface area contributed by atoms with E-state index in [1.54, 1.807) is 0 Å². The number of rotatable bonds is 3. The summed E-state index contributed by atoms with van der Waals surface area (Å²) in [5.41, 5.74) is -6.32. The quantitative estimate of drug-likeness (QED) is 0.382. The zero-order chi connectivity index (χ0) is 16.5. The third kappa shape index (κ3) is 3.59. The van der Waals surface area contributed by atoms with Gasteiger partial charge in [0.15, 0.2) is 0 Å². The largest absolute Gasteiger partial charge is 0.426 e. The molecule has 1 rings (SSSR count). The van der Waals surface area contributed by atoms with Gasteiger partial charge in [-0.3, -0.25) is 0 Å². The average molecular weight is 336 g/mol. The third-order valence-electron chi connectivity index (χ3n) is 2.64. The smallest absolute Gasteiger partial charge is 0.411 e. The second-order valence-corrected chi connectivity index (χ2v) is 4.53. The van der Waals surface area contributed by atoms with Crippen LogP contribution in [-0.2, 0) is 0 Å². The molecule has 0 heterocycles. The van der Waals surface area contributed by atoms with Crippen LogP contribution in [0.3, 0.4) is 0 Å². The molecule has 0 aliphatic carbocycles. The Morgan fingerprint density at radius 3 is 2.00 bits per heavy atom. The molecule has 0 spiro atoms. The van der Waals surface area contributed by atoms with Gasteiger partial charge in [0.2, 0.25) is 0 Å². The number of aliphatic hydroxyl groups is 1. The molecule has 118 valence electrons. The lowest BCUT2D eigenvalue weighted by atomic mass is 9.92. The van der Waals surface area contributed by atoms with Crippen LogP contribution in [0.1, 0.15) is 12.0 Å². The second kappa shape index (κ2) is 5.72. The minimum atomic E-state index is -6.00. The van der Waals surface area contributed by atoms with Crippen LogP contribution in [0.2, 0.25) is 5.02 Å². The highest BCUT2D eigenvalue weighted by molar-refractivity contribution is 6.31. The first kappa shape index (κ1) is 17.6. The highest BCUT2D eigenvalue weighted by Gasteiger charge is 2.70. The minimum absolute atomic E-state index is 0.0104. The Morgan fingerprint density at radius 2 is 1.62 bits per heavy atom. The predicted octanol–water partition coefficient (Wildman–Crippen LogP) is 3.76. The summed E-state index contributed by atoms with van der Waals surface area (Å²) >= 11 is 5.55. The molecule has 0 fully saturated rings. The topological polar surface area (TPSA) is 52.8 Å².